The van der Waals surface area contributed by atoms with Gasteiger partial charge in [0.1, 0.15) is 11.6 Å². The van der Waals surface area contributed by atoms with Gasteiger partial charge in [-0.15, -0.1) is 0 Å². The van der Waals surface area contributed by atoms with E-state index in [-0.39, 0.29) is 30.2 Å². The largest absolute Gasteiger partial charge is 0.444 e. The van der Waals surface area contributed by atoms with Crippen LogP contribution in [-0.4, -0.2) is 82.9 Å². The minimum atomic E-state index is -0.584. The van der Waals surface area contributed by atoms with E-state index in [0.717, 1.165) is 44.5 Å². The fourth-order valence-corrected chi connectivity index (χ4v) is 4.99. The van der Waals surface area contributed by atoms with Crippen LogP contribution in [0.3, 0.4) is 0 Å². The molecule has 2 fully saturated rings. The van der Waals surface area contributed by atoms with Crippen molar-refractivity contribution in [3.8, 4) is 0 Å². The molecule has 1 unspecified atom stereocenters. The number of amides is 4. The molecule has 2 saturated heterocycles. The molecule has 1 aromatic carbocycles. The maximum Gasteiger partial charge on any atom is 0.410 e. The fourth-order valence-electron chi connectivity index (χ4n) is 4.99. The van der Waals surface area contributed by atoms with E-state index >= 15 is 0 Å². The molecule has 4 amide bonds. The predicted octanol–water partition coefficient (Wildman–Crippen LogP) is 2.32. The lowest BCUT2D eigenvalue weighted by molar-refractivity contribution is -0.136. The second kappa shape index (κ2) is 10.4. The van der Waals surface area contributed by atoms with Gasteiger partial charge in [-0.2, -0.15) is 0 Å². The van der Waals surface area contributed by atoms with Crippen molar-refractivity contribution in [1.82, 2.24) is 20.0 Å². The average molecular weight is 485 g/mol. The first-order chi connectivity index (χ1) is 16.6. The third kappa shape index (κ3) is 6.20. The molecular formula is C26H36N4O5. The van der Waals surface area contributed by atoms with Crippen molar-refractivity contribution in [3.63, 3.8) is 0 Å². The normalized spacial score (nSPS) is 21.6. The lowest BCUT2D eigenvalue weighted by Gasteiger charge is -2.29. The van der Waals surface area contributed by atoms with Crippen molar-refractivity contribution >= 4 is 23.8 Å². The van der Waals surface area contributed by atoms with E-state index in [0.29, 0.717) is 31.6 Å². The number of fused-ring (bicyclic) bond motifs is 1. The maximum absolute atomic E-state index is 12.9. The number of hydrogen-bond donors (Lipinski definition) is 1. The molecule has 0 aliphatic carbocycles. The highest BCUT2D eigenvalue weighted by atomic mass is 16.6. The van der Waals surface area contributed by atoms with Crippen LogP contribution in [-0.2, 0) is 27.3 Å². The van der Waals surface area contributed by atoms with Crippen molar-refractivity contribution in [2.75, 3.05) is 32.7 Å². The first-order valence-corrected chi connectivity index (χ1v) is 12.6. The van der Waals surface area contributed by atoms with Crippen molar-refractivity contribution in [2.24, 2.45) is 0 Å². The zero-order chi connectivity index (χ0) is 25.2. The number of carbonyl (C=O) groups is 4. The van der Waals surface area contributed by atoms with Gasteiger partial charge in [0.25, 0.3) is 5.91 Å². The van der Waals surface area contributed by atoms with E-state index < -0.39 is 11.6 Å². The van der Waals surface area contributed by atoms with Gasteiger partial charge in [-0.3, -0.25) is 19.7 Å². The molecule has 0 radical (unpaired) electrons. The topological polar surface area (TPSA) is 99.3 Å². The third-order valence-corrected chi connectivity index (χ3v) is 6.77. The Balaban J connectivity index is 1.26. The molecule has 9 heteroatoms. The summed E-state index contributed by atoms with van der Waals surface area (Å²) < 4.78 is 5.51. The van der Waals surface area contributed by atoms with Gasteiger partial charge in [-0.1, -0.05) is 12.1 Å². The van der Waals surface area contributed by atoms with Crippen LogP contribution in [0.4, 0.5) is 4.79 Å². The standard InChI is InChI=1S/C26H36N4O5/c1-26(2,3)35-25(34)29-13-5-12-28(14-15-29)11-4-6-18-7-8-20-19(16-18)17-30(24(20)33)21-9-10-22(31)27-23(21)32/h7-8,16,21H,4-6,9-15,17H2,1-3H3,(H,27,31,32). The van der Waals surface area contributed by atoms with Gasteiger partial charge in [0.05, 0.1) is 0 Å². The van der Waals surface area contributed by atoms with E-state index in [1.807, 2.05) is 32.9 Å². The number of nitrogens with one attached hydrogen (secondary N) is 1. The average Bonchev–Trinajstić information content (AvgIpc) is 2.94. The summed E-state index contributed by atoms with van der Waals surface area (Å²) in [5, 5.41) is 2.34. The van der Waals surface area contributed by atoms with Gasteiger partial charge in [0.15, 0.2) is 0 Å². The zero-order valence-electron chi connectivity index (χ0n) is 21.0. The lowest BCUT2D eigenvalue weighted by atomic mass is 10.0. The molecule has 3 heterocycles. The van der Waals surface area contributed by atoms with Crippen LogP contribution >= 0.6 is 0 Å². The Morgan fingerprint density at radius 3 is 2.66 bits per heavy atom. The predicted molar refractivity (Wildman–Crippen MR) is 130 cm³/mol. The number of benzene rings is 1. The van der Waals surface area contributed by atoms with E-state index in [1.54, 1.807) is 9.80 Å². The lowest BCUT2D eigenvalue weighted by Crippen LogP contribution is -2.52. The van der Waals surface area contributed by atoms with Crippen LogP contribution < -0.4 is 5.32 Å². The molecule has 4 rings (SSSR count). The summed E-state index contributed by atoms with van der Waals surface area (Å²) in [5.74, 6) is -0.801. The Hall–Kier alpha value is -2.94. The highest BCUT2D eigenvalue weighted by molar-refractivity contribution is 6.05. The highest BCUT2D eigenvalue weighted by Gasteiger charge is 2.39. The van der Waals surface area contributed by atoms with Crippen LogP contribution in [0, 0.1) is 0 Å². The molecule has 1 atom stereocenters. The molecule has 190 valence electrons. The van der Waals surface area contributed by atoms with Gasteiger partial charge in [0.2, 0.25) is 11.8 Å². The number of ether oxygens (including phenoxy) is 1. The fraction of sp³-hybridized carbons (Fsp3) is 0.615. The van der Waals surface area contributed by atoms with Crippen LogP contribution in [0.2, 0.25) is 0 Å². The first kappa shape index (κ1) is 25.2. The third-order valence-electron chi connectivity index (χ3n) is 6.77. The summed E-state index contributed by atoms with van der Waals surface area (Å²) in [5.41, 5.74) is 2.28. The molecule has 0 bridgehead atoms. The van der Waals surface area contributed by atoms with Gasteiger partial charge < -0.3 is 19.4 Å². The van der Waals surface area contributed by atoms with Crippen LogP contribution in [0.25, 0.3) is 0 Å². The second-order valence-corrected chi connectivity index (χ2v) is 10.7. The number of carbonyl (C=O) groups excluding carboxylic acids is 4. The van der Waals surface area contributed by atoms with Crippen LogP contribution in [0.15, 0.2) is 18.2 Å². The molecule has 3 aliphatic heterocycles. The van der Waals surface area contributed by atoms with Gasteiger partial charge >= 0.3 is 6.09 Å². The summed E-state index contributed by atoms with van der Waals surface area (Å²) in [6.07, 6.45) is 3.20. The quantitative estimate of drug-likeness (QED) is 0.644. The summed E-state index contributed by atoms with van der Waals surface area (Å²) in [4.78, 5) is 54.7. The van der Waals surface area contributed by atoms with Gasteiger partial charge in [-0.25, -0.2) is 4.79 Å². The summed E-state index contributed by atoms with van der Waals surface area (Å²) in [6.45, 7) is 10.2. The molecular weight excluding hydrogens is 448 g/mol. The SMILES string of the molecule is CC(C)(C)OC(=O)N1CCCN(CCCc2ccc3c(c2)CN(C2CCC(=O)NC2=O)C3=O)CC1. The number of aryl methyl sites for hydroxylation is 1. The van der Waals surface area contributed by atoms with Crippen molar-refractivity contribution < 1.29 is 23.9 Å². The molecule has 0 aromatic heterocycles. The smallest absolute Gasteiger partial charge is 0.410 e. The van der Waals surface area contributed by atoms with Crippen LogP contribution in [0.1, 0.15) is 67.9 Å². The molecule has 0 spiro atoms. The number of piperidine rings is 1. The van der Waals surface area contributed by atoms with E-state index in [1.165, 1.54) is 5.56 Å². The van der Waals surface area contributed by atoms with E-state index in [9.17, 15) is 19.2 Å². The first-order valence-electron chi connectivity index (χ1n) is 12.6. The van der Waals surface area contributed by atoms with Crippen LogP contribution in [0.5, 0.6) is 0 Å². The Morgan fingerprint density at radius 2 is 1.91 bits per heavy atom. The molecule has 35 heavy (non-hydrogen) atoms. The Kier molecular flexibility index (Phi) is 7.44. The molecule has 1 aromatic rings. The Bertz CT molecular complexity index is 1000. The number of imide groups is 1. The Labute approximate surface area is 206 Å². The number of nitrogens with zero attached hydrogens (tertiary/aromatic N) is 3. The molecule has 0 saturated carbocycles. The van der Waals surface area contributed by atoms with E-state index in [4.69, 9.17) is 4.74 Å². The minimum absolute atomic E-state index is 0.139. The van der Waals surface area contributed by atoms with E-state index in [2.05, 4.69) is 16.3 Å². The number of hydrogen-bond acceptors (Lipinski definition) is 6. The molecule has 9 nitrogen and oxygen atoms in total. The maximum atomic E-state index is 12.9. The second-order valence-electron chi connectivity index (χ2n) is 10.7. The highest BCUT2D eigenvalue weighted by Crippen LogP contribution is 2.28. The summed E-state index contributed by atoms with van der Waals surface area (Å²) in [6, 6.07) is 5.35. The van der Waals surface area contributed by atoms with Crippen molar-refractivity contribution in [2.45, 2.75) is 71.1 Å². The minimum Gasteiger partial charge on any atom is -0.444 e. The van der Waals surface area contributed by atoms with Crippen molar-refractivity contribution in [3.05, 3.63) is 34.9 Å². The Morgan fingerprint density at radius 1 is 1.11 bits per heavy atom. The molecule has 1 N–H and O–H groups in total. The monoisotopic (exact) mass is 484 g/mol. The van der Waals surface area contributed by atoms with Gasteiger partial charge in [-0.05, 0) is 76.7 Å². The van der Waals surface area contributed by atoms with Gasteiger partial charge in [0, 0.05) is 38.2 Å². The number of rotatable bonds is 5. The summed E-state index contributed by atoms with van der Waals surface area (Å²) >= 11 is 0. The van der Waals surface area contributed by atoms with Crippen molar-refractivity contribution in [1.29, 1.82) is 0 Å². The summed E-state index contributed by atoms with van der Waals surface area (Å²) in [7, 11) is 0. The zero-order valence-corrected chi connectivity index (χ0v) is 21.0. The molecule has 3 aliphatic rings.